The summed E-state index contributed by atoms with van der Waals surface area (Å²) >= 11 is 2.96. The molecular weight excluding hydrogens is 631 g/mol. The molecule has 2 amide bonds. The Morgan fingerprint density at radius 2 is 1.81 bits per heavy atom. The number of hydrogen-bond acceptors (Lipinski definition) is 7. The van der Waals surface area contributed by atoms with Gasteiger partial charge in [0.05, 0.1) is 11.1 Å². The minimum absolute atomic E-state index is 0.0864. The van der Waals surface area contributed by atoms with Crippen LogP contribution in [-0.2, 0) is 22.3 Å². The van der Waals surface area contributed by atoms with Gasteiger partial charge in [0.1, 0.15) is 34.5 Å². The molecule has 1 saturated carbocycles. The van der Waals surface area contributed by atoms with Gasteiger partial charge < -0.3 is 10.2 Å². The largest absolute Gasteiger partial charge is 0.416 e. The number of aryl methyl sites for hydroxylation is 1. The third-order valence-corrected chi connectivity index (χ3v) is 8.49. The van der Waals surface area contributed by atoms with E-state index < -0.39 is 23.7 Å². The molecule has 3 aromatic heterocycles. The Hall–Kier alpha value is -4.20. The Labute approximate surface area is 251 Å². The van der Waals surface area contributed by atoms with Crippen molar-refractivity contribution in [3.05, 3.63) is 64.4 Å². The maximum absolute atomic E-state index is 13.8. The molecule has 4 aromatic rings. The van der Waals surface area contributed by atoms with Crippen LogP contribution in [0.4, 0.5) is 19.0 Å². The van der Waals surface area contributed by atoms with Crippen LogP contribution in [0, 0.1) is 12.3 Å². The molecule has 1 saturated heterocycles. The van der Waals surface area contributed by atoms with E-state index in [1.165, 1.54) is 16.5 Å². The molecule has 1 aliphatic carbocycles. The monoisotopic (exact) mass is 655 g/mol. The maximum atomic E-state index is 13.8. The first-order chi connectivity index (χ1) is 20.2. The minimum atomic E-state index is -4.63. The number of carbonyl (C=O) groups excluding carboxylic acids is 3. The van der Waals surface area contributed by atoms with E-state index in [0.717, 1.165) is 23.3 Å². The van der Waals surface area contributed by atoms with E-state index in [2.05, 4.69) is 41.3 Å². The Morgan fingerprint density at radius 1 is 1.09 bits per heavy atom. The minimum Gasteiger partial charge on any atom is -0.325 e. The average molecular weight is 656 g/mol. The van der Waals surface area contributed by atoms with Gasteiger partial charge in [-0.15, -0.1) is 0 Å². The van der Waals surface area contributed by atoms with Crippen molar-refractivity contribution < 1.29 is 27.6 Å². The number of benzene rings is 1. The highest BCUT2D eigenvalue weighted by Gasteiger charge is 2.64. The van der Waals surface area contributed by atoms with E-state index in [1.807, 2.05) is 13.0 Å². The molecule has 4 heterocycles. The van der Waals surface area contributed by atoms with Gasteiger partial charge in [-0.05, 0) is 70.9 Å². The number of aromatic nitrogens is 5. The van der Waals surface area contributed by atoms with Crippen LogP contribution in [-0.4, -0.2) is 59.3 Å². The number of ketones is 1. The lowest BCUT2D eigenvalue weighted by atomic mass is 10.0. The molecule has 14 heteroatoms. The molecule has 2 aliphatic rings. The van der Waals surface area contributed by atoms with Crippen molar-refractivity contribution in [2.75, 3.05) is 5.32 Å². The zero-order valence-corrected chi connectivity index (χ0v) is 24.8. The topological polar surface area (TPSA) is 123 Å². The Kier molecular flexibility index (Phi) is 6.86. The van der Waals surface area contributed by atoms with Crippen molar-refractivity contribution in [1.82, 2.24) is 29.6 Å². The summed E-state index contributed by atoms with van der Waals surface area (Å²) in [6.45, 7) is 4.91. The third-order valence-electron chi connectivity index (χ3n) is 8.08. The Bertz CT molecular complexity index is 1810. The molecule has 1 unspecified atom stereocenters. The van der Waals surface area contributed by atoms with Crippen LogP contribution in [0.2, 0.25) is 0 Å². The molecule has 6 rings (SSSR count). The first-order valence-electron chi connectivity index (χ1n) is 13.4. The Morgan fingerprint density at radius 3 is 2.49 bits per heavy atom. The average Bonchev–Trinajstić information content (AvgIpc) is 3.30. The van der Waals surface area contributed by atoms with E-state index in [-0.39, 0.29) is 45.8 Å². The standard InChI is InChI=1S/C29H25BrF3N7O3/c1-14(41)26-19-6-16(17-11-34-15(2)35-12-17)4-5-20(19)39(38-26)13-25(42)40-21(9-28(3)10-22(28)40)27(43)37-24-8-18(29(31,32)33)7-23(30)36-24/h4-8,11-12,21-22H,9-10,13H2,1-3H3,(H,36,37,43)/t21-,22?,28-/m0/s1. The van der Waals surface area contributed by atoms with E-state index in [9.17, 15) is 27.6 Å². The highest BCUT2D eigenvalue weighted by atomic mass is 79.9. The lowest BCUT2D eigenvalue weighted by Gasteiger charge is -2.27. The zero-order valence-electron chi connectivity index (χ0n) is 23.2. The number of nitrogens with one attached hydrogen (secondary N) is 1. The van der Waals surface area contributed by atoms with Crippen molar-refractivity contribution in [2.45, 2.75) is 58.4 Å². The molecule has 3 atom stereocenters. The highest BCUT2D eigenvalue weighted by molar-refractivity contribution is 9.10. The summed E-state index contributed by atoms with van der Waals surface area (Å²) in [5.74, 6) is -0.939. The van der Waals surface area contributed by atoms with Gasteiger partial charge >= 0.3 is 6.18 Å². The van der Waals surface area contributed by atoms with E-state index in [0.29, 0.717) is 29.6 Å². The van der Waals surface area contributed by atoms with Crippen molar-refractivity contribution in [2.24, 2.45) is 5.41 Å². The quantitative estimate of drug-likeness (QED) is 0.224. The van der Waals surface area contributed by atoms with Gasteiger partial charge in [-0.25, -0.2) is 15.0 Å². The highest BCUT2D eigenvalue weighted by Crippen LogP contribution is 2.59. The molecule has 222 valence electrons. The number of rotatable bonds is 6. The predicted octanol–water partition coefficient (Wildman–Crippen LogP) is 5.20. The number of likely N-dealkylation sites (tertiary alicyclic amines) is 1. The van der Waals surface area contributed by atoms with Gasteiger partial charge in [-0.2, -0.15) is 18.3 Å². The fourth-order valence-electron chi connectivity index (χ4n) is 5.79. The lowest BCUT2D eigenvalue weighted by molar-refractivity contribution is -0.138. The number of piperidine rings is 1. The number of alkyl halides is 3. The number of amides is 2. The van der Waals surface area contributed by atoms with Crippen LogP contribution in [0.25, 0.3) is 22.0 Å². The normalized spacial score (nSPS) is 21.1. The Balaban J connectivity index is 1.27. The third kappa shape index (κ3) is 5.39. The number of Topliss-reactive ketones (excluding diaryl/α,β-unsaturated/α-hetero) is 1. The van der Waals surface area contributed by atoms with Crippen LogP contribution < -0.4 is 5.32 Å². The molecular formula is C29H25BrF3N7O3. The van der Waals surface area contributed by atoms with E-state index in [1.54, 1.807) is 31.5 Å². The number of hydrogen-bond donors (Lipinski definition) is 1. The number of anilines is 1. The number of nitrogens with zero attached hydrogens (tertiary/aromatic N) is 6. The summed E-state index contributed by atoms with van der Waals surface area (Å²) in [5.41, 5.74) is 1.05. The molecule has 10 nitrogen and oxygen atoms in total. The molecule has 0 bridgehead atoms. The number of carbonyl (C=O) groups is 3. The molecule has 0 radical (unpaired) electrons. The smallest absolute Gasteiger partial charge is 0.325 e. The van der Waals surface area contributed by atoms with Crippen LogP contribution in [0.5, 0.6) is 0 Å². The summed E-state index contributed by atoms with van der Waals surface area (Å²) < 4.78 is 41.3. The van der Waals surface area contributed by atoms with Crippen LogP contribution >= 0.6 is 15.9 Å². The van der Waals surface area contributed by atoms with Crippen LogP contribution in [0.1, 0.15) is 48.6 Å². The number of fused-ring (bicyclic) bond motifs is 2. The number of pyridine rings is 1. The van der Waals surface area contributed by atoms with Crippen molar-refractivity contribution in [3.63, 3.8) is 0 Å². The van der Waals surface area contributed by atoms with Crippen LogP contribution in [0.15, 0.2) is 47.3 Å². The molecule has 0 spiro atoms. The maximum Gasteiger partial charge on any atom is 0.416 e. The second-order valence-electron chi connectivity index (χ2n) is 11.3. The van der Waals surface area contributed by atoms with Gasteiger partial charge in [0.2, 0.25) is 11.8 Å². The summed E-state index contributed by atoms with van der Waals surface area (Å²) in [7, 11) is 0. The van der Waals surface area contributed by atoms with Gasteiger partial charge in [-0.3, -0.25) is 19.1 Å². The molecule has 1 aromatic carbocycles. The molecule has 1 N–H and O–H groups in total. The first-order valence-corrected chi connectivity index (χ1v) is 14.2. The fourth-order valence-corrected chi connectivity index (χ4v) is 6.22. The lowest BCUT2D eigenvalue weighted by Crippen LogP contribution is -2.46. The van der Waals surface area contributed by atoms with Crippen molar-refractivity contribution in [3.8, 4) is 11.1 Å². The van der Waals surface area contributed by atoms with Crippen LogP contribution in [0.3, 0.4) is 0 Å². The van der Waals surface area contributed by atoms with Gasteiger partial charge in [0.25, 0.3) is 0 Å². The first kappa shape index (κ1) is 28.9. The van der Waals surface area contributed by atoms with Crippen molar-refractivity contribution >= 4 is 50.2 Å². The van der Waals surface area contributed by atoms with Crippen molar-refractivity contribution in [1.29, 1.82) is 0 Å². The summed E-state index contributed by atoms with van der Waals surface area (Å²) in [4.78, 5) is 53.5. The molecule has 2 fully saturated rings. The summed E-state index contributed by atoms with van der Waals surface area (Å²) in [5, 5.41) is 7.48. The SMILES string of the molecule is CC(=O)c1nn(CC(=O)N2C3C[C@]3(C)C[C@H]2C(=O)Nc2cc(C(F)(F)F)cc(Br)n2)c2ccc(-c3cnc(C)nc3)cc12. The second-order valence-corrected chi connectivity index (χ2v) is 12.1. The van der Waals surface area contributed by atoms with Gasteiger partial charge in [-0.1, -0.05) is 13.0 Å². The summed E-state index contributed by atoms with van der Waals surface area (Å²) in [6, 6.07) is 5.86. The van der Waals surface area contributed by atoms with E-state index in [4.69, 9.17) is 0 Å². The van der Waals surface area contributed by atoms with Gasteiger partial charge in [0, 0.05) is 36.3 Å². The fraction of sp³-hybridized carbons (Fsp3) is 0.345. The second kappa shape index (κ2) is 10.2. The van der Waals surface area contributed by atoms with E-state index >= 15 is 0 Å². The number of halogens is 4. The summed E-state index contributed by atoms with van der Waals surface area (Å²) in [6.07, 6.45) is -0.199. The molecule has 1 aliphatic heterocycles. The zero-order chi connectivity index (χ0) is 30.8. The van der Waals surface area contributed by atoms with Gasteiger partial charge in [0.15, 0.2) is 5.78 Å². The predicted molar refractivity (Wildman–Crippen MR) is 153 cm³/mol. The molecule has 43 heavy (non-hydrogen) atoms.